The van der Waals surface area contributed by atoms with Crippen molar-refractivity contribution in [1.29, 1.82) is 0 Å². The van der Waals surface area contributed by atoms with Crippen LogP contribution in [0, 0.1) is 0 Å². The number of anilines is 1. The Balaban J connectivity index is 2.15. The molecule has 0 atom stereocenters. The van der Waals surface area contributed by atoms with Gasteiger partial charge in [-0.05, 0) is 30.3 Å². The number of rotatable bonds is 7. The lowest BCUT2D eigenvalue weighted by Crippen LogP contribution is -2.22. The maximum atomic E-state index is 12.6. The predicted molar refractivity (Wildman–Crippen MR) is 96.2 cm³/mol. The summed E-state index contributed by atoms with van der Waals surface area (Å²) in [5, 5.41) is 2.80. The summed E-state index contributed by atoms with van der Waals surface area (Å²) in [5.41, 5.74) is 1.47. The molecule has 2 amide bonds. The largest absolute Gasteiger partial charge is 0.490 e. The van der Waals surface area contributed by atoms with Crippen LogP contribution in [0.4, 0.5) is 5.69 Å². The van der Waals surface area contributed by atoms with Gasteiger partial charge in [-0.1, -0.05) is 18.2 Å². The van der Waals surface area contributed by atoms with Crippen LogP contribution in [0.2, 0.25) is 0 Å². The molecule has 0 aliphatic heterocycles. The van der Waals surface area contributed by atoms with Crippen LogP contribution in [0.25, 0.3) is 0 Å². The Morgan fingerprint density at radius 2 is 1.80 bits per heavy atom. The molecule has 6 nitrogen and oxygen atoms in total. The Morgan fingerprint density at radius 1 is 1.04 bits per heavy atom. The smallest absolute Gasteiger partial charge is 0.259 e. The highest BCUT2D eigenvalue weighted by Gasteiger charge is 2.14. The van der Waals surface area contributed by atoms with Crippen LogP contribution in [-0.4, -0.2) is 51.1 Å². The van der Waals surface area contributed by atoms with Crippen molar-refractivity contribution in [1.82, 2.24) is 4.90 Å². The van der Waals surface area contributed by atoms with Crippen LogP contribution in [-0.2, 0) is 4.74 Å². The summed E-state index contributed by atoms with van der Waals surface area (Å²) in [4.78, 5) is 26.1. The number of carbonyl (C=O) groups is 2. The van der Waals surface area contributed by atoms with Gasteiger partial charge in [0, 0.05) is 32.5 Å². The number of ether oxygens (including phenoxy) is 2. The Bertz CT molecular complexity index is 744. The van der Waals surface area contributed by atoms with Gasteiger partial charge in [0.1, 0.15) is 12.4 Å². The second kappa shape index (κ2) is 8.84. The van der Waals surface area contributed by atoms with E-state index < -0.39 is 0 Å². The van der Waals surface area contributed by atoms with E-state index in [4.69, 9.17) is 9.47 Å². The van der Waals surface area contributed by atoms with Crippen LogP contribution in [0.3, 0.4) is 0 Å². The summed E-state index contributed by atoms with van der Waals surface area (Å²) in [7, 11) is 4.95. The highest BCUT2D eigenvalue weighted by Crippen LogP contribution is 2.20. The van der Waals surface area contributed by atoms with Crippen LogP contribution in [0.1, 0.15) is 20.7 Å². The van der Waals surface area contributed by atoms with Gasteiger partial charge < -0.3 is 19.7 Å². The van der Waals surface area contributed by atoms with Crippen LogP contribution in [0.5, 0.6) is 5.75 Å². The second-order valence-corrected chi connectivity index (χ2v) is 5.57. The van der Waals surface area contributed by atoms with Crippen molar-refractivity contribution in [3.63, 3.8) is 0 Å². The third-order valence-electron chi connectivity index (χ3n) is 3.45. The molecule has 2 rings (SSSR count). The molecule has 2 aromatic carbocycles. The minimum absolute atomic E-state index is 0.126. The maximum absolute atomic E-state index is 12.6. The first kappa shape index (κ1) is 18.5. The number of methoxy groups -OCH3 is 1. The van der Waals surface area contributed by atoms with Crippen molar-refractivity contribution in [2.45, 2.75) is 0 Å². The van der Waals surface area contributed by atoms with E-state index in [0.717, 1.165) is 0 Å². The molecule has 1 N–H and O–H groups in total. The fourth-order valence-electron chi connectivity index (χ4n) is 2.20. The highest BCUT2D eigenvalue weighted by atomic mass is 16.5. The number of para-hydroxylation sites is 1. The predicted octanol–water partition coefficient (Wildman–Crippen LogP) is 2.67. The standard InChI is InChI=1S/C19H22N2O4/c1-21(2)19(23)14-7-6-8-15(13-14)20-18(22)16-9-4-5-10-17(16)25-12-11-24-3/h4-10,13H,11-12H2,1-3H3,(H,20,22). The van der Waals surface area contributed by atoms with E-state index in [1.165, 1.54) is 4.90 Å². The first-order valence-electron chi connectivity index (χ1n) is 7.86. The molecule has 0 saturated heterocycles. The molecule has 0 aromatic heterocycles. The van der Waals surface area contributed by atoms with Crippen molar-refractivity contribution in [3.8, 4) is 5.75 Å². The molecular weight excluding hydrogens is 320 g/mol. The van der Waals surface area contributed by atoms with Crippen LogP contribution < -0.4 is 10.1 Å². The number of hydrogen-bond donors (Lipinski definition) is 1. The SMILES string of the molecule is COCCOc1ccccc1C(=O)Nc1cccc(C(=O)N(C)C)c1. The molecule has 132 valence electrons. The molecular formula is C19H22N2O4. The summed E-state index contributed by atoms with van der Waals surface area (Å²) in [5.74, 6) is 0.0550. The molecule has 0 radical (unpaired) electrons. The Hall–Kier alpha value is -2.86. The Labute approximate surface area is 147 Å². The average molecular weight is 342 g/mol. The molecule has 2 aromatic rings. The van der Waals surface area contributed by atoms with E-state index in [1.807, 2.05) is 0 Å². The zero-order valence-corrected chi connectivity index (χ0v) is 14.6. The molecule has 0 spiro atoms. The van der Waals surface area contributed by atoms with Crippen LogP contribution >= 0.6 is 0 Å². The lowest BCUT2D eigenvalue weighted by molar-refractivity contribution is 0.0827. The lowest BCUT2D eigenvalue weighted by atomic mass is 10.1. The first-order valence-corrected chi connectivity index (χ1v) is 7.86. The van der Waals surface area contributed by atoms with E-state index in [0.29, 0.717) is 35.8 Å². The molecule has 6 heteroatoms. The van der Waals surface area contributed by atoms with Gasteiger partial charge in [0.15, 0.2) is 0 Å². The third-order valence-corrected chi connectivity index (χ3v) is 3.45. The van der Waals surface area contributed by atoms with Gasteiger partial charge in [-0.3, -0.25) is 9.59 Å². The summed E-state index contributed by atoms with van der Waals surface area (Å²) < 4.78 is 10.5. The van der Waals surface area contributed by atoms with Gasteiger partial charge in [-0.15, -0.1) is 0 Å². The molecule has 0 aliphatic rings. The fourth-order valence-corrected chi connectivity index (χ4v) is 2.20. The van der Waals surface area contributed by atoms with E-state index >= 15 is 0 Å². The Morgan fingerprint density at radius 3 is 2.52 bits per heavy atom. The van der Waals surface area contributed by atoms with Crippen molar-refractivity contribution in [3.05, 3.63) is 59.7 Å². The van der Waals surface area contributed by atoms with Crippen molar-refractivity contribution >= 4 is 17.5 Å². The number of carbonyl (C=O) groups excluding carboxylic acids is 2. The second-order valence-electron chi connectivity index (χ2n) is 5.57. The third kappa shape index (κ3) is 5.06. The van der Waals surface area contributed by atoms with Gasteiger partial charge in [0.05, 0.1) is 12.2 Å². The fraction of sp³-hybridized carbons (Fsp3) is 0.263. The maximum Gasteiger partial charge on any atom is 0.259 e. The molecule has 25 heavy (non-hydrogen) atoms. The zero-order valence-electron chi connectivity index (χ0n) is 14.6. The molecule has 0 bridgehead atoms. The summed E-state index contributed by atoms with van der Waals surface area (Å²) in [6.07, 6.45) is 0. The zero-order chi connectivity index (χ0) is 18.2. The quantitative estimate of drug-likeness (QED) is 0.786. The minimum Gasteiger partial charge on any atom is -0.490 e. The van der Waals surface area contributed by atoms with Gasteiger partial charge >= 0.3 is 0 Å². The topological polar surface area (TPSA) is 67.9 Å². The molecule has 0 saturated carbocycles. The highest BCUT2D eigenvalue weighted by molar-refractivity contribution is 6.06. The number of benzene rings is 2. The van der Waals surface area contributed by atoms with Gasteiger partial charge in [-0.25, -0.2) is 0 Å². The number of nitrogens with zero attached hydrogens (tertiary/aromatic N) is 1. The number of nitrogens with one attached hydrogen (secondary N) is 1. The van der Waals surface area contributed by atoms with Gasteiger partial charge in [0.2, 0.25) is 0 Å². The monoisotopic (exact) mass is 342 g/mol. The normalized spacial score (nSPS) is 10.2. The summed E-state index contributed by atoms with van der Waals surface area (Å²) in [6, 6.07) is 13.8. The van der Waals surface area contributed by atoms with Gasteiger partial charge in [0.25, 0.3) is 11.8 Å². The van der Waals surface area contributed by atoms with E-state index in [-0.39, 0.29) is 11.8 Å². The van der Waals surface area contributed by atoms with Gasteiger partial charge in [-0.2, -0.15) is 0 Å². The number of hydrogen-bond acceptors (Lipinski definition) is 4. The van der Waals surface area contributed by atoms with Crippen molar-refractivity contribution < 1.29 is 19.1 Å². The Kier molecular flexibility index (Phi) is 6.54. The molecule has 0 heterocycles. The first-order chi connectivity index (χ1) is 12.0. The van der Waals surface area contributed by atoms with Crippen molar-refractivity contribution in [2.75, 3.05) is 39.7 Å². The van der Waals surface area contributed by atoms with E-state index in [9.17, 15) is 9.59 Å². The van der Waals surface area contributed by atoms with Crippen molar-refractivity contribution in [2.24, 2.45) is 0 Å². The molecule has 0 fully saturated rings. The number of amides is 2. The average Bonchev–Trinajstić information content (AvgIpc) is 2.61. The summed E-state index contributed by atoms with van der Waals surface area (Å²) >= 11 is 0. The van der Waals surface area contributed by atoms with Crippen LogP contribution in [0.15, 0.2) is 48.5 Å². The van der Waals surface area contributed by atoms with E-state index in [1.54, 1.807) is 69.7 Å². The van der Waals surface area contributed by atoms with E-state index in [2.05, 4.69) is 5.32 Å². The molecule has 0 unspecified atom stereocenters. The summed E-state index contributed by atoms with van der Waals surface area (Å²) in [6.45, 7) is 0.790. The minimum atomic E-state index is -0.303. The molecule has 0 aliphatic carbocycles. The lowest BCUT2D eigenvalue weighted by Gasteiger charge is -2.13.